The number of hydrogen-bond donors (Lipinski definition) is 3. The van der Waals surface area contributed by atoms with Gasteiger partial charge in [-0.2, -0.15) is 0 Å². The Kier molecular flexibility index (Phi) is 6.21. The molecule has 0 heterocycles. The van der Waals surface area contributed by atoms with Crippen molar-refractivity contribution in [3.05, 3.63) is 53.7 Å². The van der Waals surface area contributed by atoms with Crippen molar-refractivity contribution in [3.8, 4) is 17.2 Å². The molecule has 0 aliphatic heterocycles. The molecular weight excluding hydrogens is 336 g/mol. The molecule has 2 aromatic carbocycles. The van der Waals surface area contributed by atoms with Crippen molar-refractivity contribution in [1.29, 1.82) is 0 Å². The molecular formula is C19H20N2O5. The van der Waals surface area contributed by atoms with Crippen LogP contribution in [0.3, 0.4) is 0 Å². The summed E-state index contributed by atoms with van der Waals surface area (Å²) in [6.07, 6.45) is 1.52. The second-order valence-corrected chi connectivity index (χ2v) is 5.36. The minimum absolute atomic E-state index is 0.0211. The fraction of sp³-hybridized carbons (Fsp3) is 0.158. The molecule has 0 aromatic heterocycles. The molecule has 0 spiro atoms. The van der Waals surface area contributed by atoms with Crippen LogP contribution in [-0.4, -0.2) is 31.1 Å². The number of ether oxygens (including phenoxy) is 2. The highest BCUT2D eigenvalue weighted by molar-refractivity contribution is 6.08. The summed E-state index contributed by atoms with van der Waals surface area (Å²) >= 11 is 0. The summed E-state index contributed by atoms with van der Waals surface area (Å²) < 4.78 is 10.4. The molecule has 7 heteroatoms. The van der Waals surface area contributed by atoms with Crippen LogP contribution in [-0.2, 0) is 9.59 Å². The number of hydrogen-bond acceptors (Lipinski definition) is 5. The summed E-state index contributed by atoms with van der Waals surface area (Å²) in [5.41, 5.74) is 1.09. The second-order valence-electron chi connectivity index (χ2n) is 5.36. The highest BCUT2D eigenvalue weighted by Crippen LogP contribution is 2.28. The molecule has 26 heavy (non-hydrogen) atoms. The fourth-order valence-electron chi connectivity index (χ4n) is 2.24. The zero-order valence-corrected chi connectivity index (χ0v) is 14.7. The molecule has 0 fully saturated rings. The van der Waals surface area contributed by atoms with Crippen molar-refractivity contribution in [2.45, 2.75) is 6.92 Å². The summed E-state index contributed by atoms with van der Waals surface area (Å²) in [6, 6.07) is 11.2. The summed E-state index contributed by atoms with van der Waals surface area (Å²) in [5.74, 6) is 0.155. The zero-order valence-electron chi connectivity index (χ0n) is 14.7. The minimum atomic E-state index is -0.527. The van der Waals surface area contributed by atoms with Crippen molar-refractivity contribution in [3.63, 3.8) is 0 Å². The predicted molar refractivity (Wildman–Crippen MR) is 98.1 cm³/mol. The SMILES string of the molecule is COc1ccc(/C=C(\NC(C)=O)C(=O)Nc2cccc(O)c2)cc1OC. The minimum Gasteiger partial charge on any atom is -0.508 e. The Hall–Kier alpha value is -3.48. The molecule has 0 saturated carbocycles. The normalized spacial score (nSPS) is 10.8. The third kappa shape index (κ3) is 5.01. The molecule has 0 aliphatic carbocycles. The Balaban J connectivity index is 2.32. The predicted octanol–water partition coefficient (Wildman–Crippen LogP) is 2.53. The standard InChI is InChI=1S/C19H20N2O5/c1-12(22)20-16(19(24)21-14-5-4-6-15(23)11-14)9-13-7-8-17(25-2)18(10-13)26-3/h4-11,23H,1-3H3,(H,20,22)(H,21,24)/b16-9-. The van der Waals surface area contributed by atoms with Crippen LogP contribution in [0.2, 0.25) is 0 Å². The molecule has 0 saturated heterocycles. The van der Waals surface area contributed by atoms with Gasteiger partial charge in [0.15, 0.2) is 11.5 Å². The first kappa shape index (κ1) is 18.9. The summed E-state index contributed by atoms with van der Waals surface area (Å²) in [6.45, 7) is 1.31. The van der Waals surface area contributed by atoms with Crippen molar-refractivity contribution >= 4 is 23.6 Å². The number of nitrogens with one attached hydrogen (secondary N) is 2. The highest BCUT2D eigenvalue weighted by atomic mass is 16.5. The summed E-state index contributed by atoms with van der Waals surface area (Å²) in [7, 11) is 3.04. The molecule has 0 radical (unpaired) electrons. The van der Waals surface area contributed by atoms with E-state index in [1.807, 2.05) is 0 Å². The Morgan fingerprint density at radius 2 is 1.77 bits per heavy atom. The Morgan fingerprint density at radius 1 is 1.04 bits per heavy atom. The number of aromatic hydroxyl groups is 1. The van der Waals surface area contributed by atoms with E-state index in [9.17, 15) is 14.7 Å². The lowest BCUT2D eigenvalue weighted by atomic mass is 10.1. The first-order valence-electron chi connectivity index (χ1n) is 7.74. The lowest BCUT2D eigenvalue weighted by molar-refractivity contribution is -0.120. The van der Waals surface area contributed by atoms with Crippen LogP contribution in [0, 0.1) is 0 Å². The average molecular weight is 356 g/mol. The number of rotatable bonds is 6. The van der Waals surface area contributed by atoms with Crippen LogP contribution in [0.25, 0.3) is 6.08 Å². The molecule has 0 aliphatic rings. The van der Waals surface area contributed by atoms with E-state index in [0.717, 1.165) is 0 Å². The molecule has 0 unspecified atom stereocenters. The van der Waals surface area contributed by atoms with Gasteiger partial charge in [-0.3, -0.25) is 9.59 Å². The Labute approximate surface area is 151 Å². The fourth-order valence-corrected chi connectivity index (χ4v) is 2.24. The van der Waals surface area contributed by atoms with Crippen molar-refractivity contribution < 1.29 is 24.2 Å². The maximum Gasteiger partial charge on any atom is 0.272 e. The summed E-state index contributed by atoms with van der Waals surface area (Å²) in [5, 5.41) is 14.6. The highest BCUT2D eigenvalue weighted by Gasteiger charge is 2.13. The van der Waals surface area contributed by atoms with Crippen LogP contribution in [0.15, 0.2) is 48.2 Å². The van der Waals surface area contributed by atoms with Crippen LogP contribution in [0.1, 0.15) is 12.5 Å². The molecule has 2 aromatic rings. The molecule has 3 N–H and O–H groups in total. The maximum absolute atomic E-state index is 12.5. The van der Waals surface area contributed by atoms with Crippen molar-refractivity contribution in [2.24, 2.45) is 0 Å². The molecule has 0 bridgehead atoms. The van der Waals surface area contributed by atoms with Gasteiger partial charge in [-0.15, -0.1) is 0 Å². The third-order valence-corrected chi connectivity index (χ3v) is 3.38. The largest absolute Gasteiger partial charge is 0.508 e. The van der Waals surface area contributed by atoms with Crippen molar-refractivity contribution in [1.82, 2.24) is 5.32 Å². The number of phenols is 1. The van der Waals surface area contributed by atoms with Crippen LogP contribution in [0.5, 0.6) is 17.2 Å². The van der Waals surface area contributed by atoms with Crippen LogP contribution in [0.4, 0.5) is 5.69 Å². The first-order chi connectivity index (χ1) is 12.4. The Bertz CT molecular complexity index is 846. The number of benzene rings is 2. The molecule has 2 amide bonds. The number of carbonyl (C=O) groups is 2. The van der Waals surface area contributed by atoms with Gasteiger partial charge in [0.25, 0.3) is 5.91 Å². The number of anilines is 1. The van der Waals surface area contributed by atoms with Gasteiger partial charge in [-0.05, 0) is 35.9 Å². The lowest BCUT2D eigenvalue weighted by Gasteiger charge is -2.11. The van der Waals surface area contributed by atoms with Crippen molar-refractivity contribution in [2.75, 3.05) is 19.5 Å². The molecule has 2 rings (SSSR count). The topological polar surface area (TPSA) is 96.9 Å². The van der Waals surface area contributed by atoms with E-state index in [1.54, 1.807) is 30.3 Å². The smallest absolute Gasteiger partial charge is 0.272 e. The van der Waals surface area contributed by atoms with Gasteiger partial charge in [0, 0.05) is 18.7 Å². The third-order valence-electron chi connectivity index (χ3n) is 3.38. The van der Waals surface area contributed by atoms with E-state index in [4.69, 9.17) is 9.47 Å². The number of methoxy groups -OCH3 is 2. The Morgan fingerprint density at radius 3 is 2.38 bits per heavy atom. The quantitative estimate of drug-likeness (QED) is 0.691. The summed E-state index contributed by atoms with van der Waals surface area (Å²) in [4.78, 5) is 24.0. The molecule has 7 nitrogen and oxygen atoms in total. The van der Waals surface area contributed by atoms with Gasteiger partial charge < -0.3 is 25.2 Å². The molecule has 136 valence electrons. The number of carbonyl (C=O) groups excluding carboxylic acids is 2. The van der Waals surface area contributed by atoms with E-state index in [1.165, 1.54) is 39.4 Å². The van der Waals surface area contributed by atoms with Crippen LogP contribution < -0.4 is 20.1 Å². The van der Waals surface area contributed by atoms with E-state index in [0.29, 0.717) is 22.7 Å². The number of amides is 2. The van der Waals surface area contributed by atoms with Gasteiger partial charge in [-0.1, -0.05) is 12.1 Å². The number of phenolic OH excluding ortho intramolecular Hbond substituents is 1. The van der Waals surface area contributed by atoms with Crippen LogP contribution >= 0.6 is 0 Å². The van der Waals surface area contributed by atoms with Gasteiger partial charge in [0.1, 0.15) is 11.4 Å². The molecule has 0 atom stereocenters. The first-order valence-corrected chi connectivity index (χ1v) is 7.74. The zero-order chi connectivity index (χ0) is 19.1. The van der Waals surface area contributed by atoms with E-state index < -0.39 is 5.91 Å². The van der Waals surface area contributed by atoms with Gasteiger partial charge in [0.2, 0.25) is 5.91 Å². The average Bonchev–Trinajstić information content (AvgIpc) is 2.60. The monoisotopic (exact) mass is 356 g/mol. The van der Waals surface area contributed by atoms with Gasteiger partial charge >= 0.3 is 0 Å². The lowest BCUT2D eigenvalue weighted by Crippen LogP contribution is -2.28. The van der Waals surface area contributed by atoms with E-state index >= 15 is 0 Å². The van der Waals surface area contributed by atoms with E-state index in [2.05, 4.69) is 10.6 Å². The van der Waals surface area contributed by atoms with Gasteiger partial charge in [-0.25, -0.2) is 0 Å². The maximum atomic E-state index is 12.5. The van der Waals surface area contributed by atoms with Gasteiger partial charge in [0.05, 0.1) is 14.2 Å². The van der Waals surface area contributed by atoms with E-state index in [-0.39, 0.29) is 17.4 Å². The second kappa shape index (κ2) is 8.57.